The fourth-order valence-corrected chi connectivity index (χ4v) is 4.27. The molecular formula is C14H20N2O4S. The molecular weight excluding hydrogens is 292 g/mol. The molecule has 1 saturated heterocycles. The van der Waals surface area contributed by atoms with Gasteiger partial charge in [-0.15, -0.1) is 11.3 Å². The molecule has 116 valence electrons. The van der Waals surface area contributed by atoms with Crippen molar-refractivity contribution >= 4 is 22.4 Å². The highest BCUT2D eigenvalue weighted by Crippen LogP contribution is 2.40. The lowest BCUT2D eigenvalue weighted by Gasteiger charge is -2.42. The highest BCUT2D eigenvalue weighted by atomic mass is 32.1. The van der Waals surface area contributed by atoms with Gasteiger partial charge in [-0.2, -0.15) is 0 Å². The SMILES string of the molecule is CC1(C)CN(c2nc3c(s2)CCC3C(=O)O)CC(CO)O1. The second kappa shape index (κ2) is 5.23. The molecule has 2 unspecified atom stereocenters. The first-order valence-electron chi connectivity index (χ1n) is 7.15. The Bertz CT molecular complexity index is 557. The molecule has 7 heteroatoms. The lowest BCUT2D eigenvalue weighted by Crippen LogP contribution is -2.54. The Morgan fingerprint density at radius 1 is 1.57 bits per heavy atom. The molecule has 0 saturated carbocycles. The van der Waals surface area contributed by atoms with E-state index < -0.39 is 11.9 Å². The number of hydrogen-bond donors (Lipinski definition) is 2. The largest absolute Gasteiger partial charge is 0.481 e. The first kappa shape index (κ1) is 14.7. The molecule has 0 spiro atoms. The first-order valence-corrected chi connectivity index (χ1v) is 7.97. The topological polar surface area (TPSA) is 82.9 Å². The highest BCUT2D eigenvalue weighted by molar-refractivity contribution is 7.15. The van der Waals surface area contributed by atoms with Crippen molar-refractivity contribution in [2.75, 3.05) is 24.6 Å². The number of anilines is 1. The van der Waals surface area contributed by atoms with Crippen LogP contribution in [0, 0.1) is 0 Å². The maximum atomic E-state index is 11.2. The van der Waals surface area contributed by atoms with Crippen LogP contribution < -0.4 is 4.90 Å². The number of carbonyl (C=O) groups is 1. The minimum Gasteiger partial charge on any atom is -0.481 e. The van der Waals surface area contributed by atoms with E-state index in [9.17, 15) is 15.0 Å². The van der Waals surface area contributed by atoms with Crippen LogP contribution in [0.4, 0.5) is 5.13 Å². The summed E-state index contributed by atoms with van der Waals surface area (Å²) in [5.41, 5.74) is 0.376. The minimum absolute atomic E-state index is 0.0250. The Morgan fingerprint density at radius 2 is 2.33 bits per heavy atom. The Hall–Kier alpha value is -1.18. The zero-order valence-corrected chi connectivity index (χ0v) is 13.0. The molecule has 2 N–H and O–H groups in total. The van der Waals surface area contributed by atoms with Crippen molar-refractivity contribution in [1.82, 2.24) is 4.98 Å². The van der Waals surface area contributed by atoms with Crippen molar-refractivity contribution in [3.8, 4) is 0 Å². The van der Waals surface area contributed by atoms with Gasteiger partial charge in [0.05, 0.1) is 24.0 Å². The summed E-state index contributed by atoms with van der Waals surface area (Å²) >= 11 is 1.58. The molecule has 1 fully saturated rings. The van der Waals surface area contributed by atoms with Crippen LogP contribution in [0.1, 0.15) is 36.8 Å². The number of nitrogens with zero attached hydrogens (tertiary/aromatic N) is 2. The van der Waals surface area contributed by atoms with E-state index in [4.69, 9.17) is 4.74 Å². The van der Waals surface area contributed by atoms with Crippen LogP contribution in [0.15, 0.2) is 0 Å². The predicted octanol–water partition coefficient (Wildman–Crippen LogP) is 1.23. The van der Waals surface area contributed by atoms with Crippen molar-refractivity contribution in [3.05, 3.63) is 10.6 Å². The molecule has 3 rings (SSSR count). The number of hydrogen-bond acceptors (Lipinski definition) is 6. The van der Waals surface area contributed by atoms with Gasteiger partial charge in [-0.3, -0.25) is 4.79 Å². The van der Waals surface area contributed by atoms with Crippen LogP contribution in [0.3, 0.4) is 0 Å². The fraction of sp³-hybridized carbons (Fsp3) is 0.714. The average Bonchev–Trinajstić information content (AvgIpc) is 2.95. The van der Waals surface area contributed by atoms with Gasteiger partial charge in [0.25, 0.3) is 0 Å². The molecule has 21 heavy (non-hydrogen) atoms. The van der Waals surface area contributed by atoms with Crippen molar-refractivity contribution in [1.29, 1.82) is 0 Å². The van der Waals surface area contributed by atoms with E-state index in [0.717, 1.165) is 22.1 Å². The fourth-order valence-electron chi connectivity index (χ4n) is 3.13. The summed E-state index contributed by atoms with van der Waals surface area (Å²) in [6, 6.07) is 0. The zero-order chi connectivity index (χ0) is 15.2. The van der Waals surface area contributed by atoms with Gasteiger partial charge in [0.2, 0.25) is 0 Å². The lowest BCUT2D eigenvalue weighted by atomic mass is 10.1. The molecule has 0 radical (unpaired) electrons. The second-order valence-electron chi connectivity index (χ2n) is 6.30. The number of aliphatic hydroxyl groups is 1. The standard InChI is InChI=1S/C14H20N2O4S/c1-14(2)7-16(5-8(6-17)20-14)13-15-11-9(12(18)19)3-4-10(11)21-13/h8-9,17H,3-7H2,1-2H3,(H,18,19). The molecule has 1 aromatic heterocycles. The predicted molar refractivity (Wildman–Crippen MR) is 79.1 cm³/mol. The molecule has 1 aromatic rings. The summed E-state index contributed by atoms with van der Waals surface area (Å²) in [6.45, 7) is 5.23. The van der Waals surface area contributed by atoms with Crippen molar-refractivity contribution in [2.45, 2.75) is 44.3 Å². The zero-order valence-electron chi connectivity index (χ0n) is 12.2. The van der Waals surface area contributed by atoms with Crippen LogP contribution in [-0.2, 0) is 16.0 Å². The third-order valence-electron chi connectivity index (χ3n) is 3.96. The van der Waals surface area contributed by atoms with E-state index in [2.05, 4.69) is 9.88 Å². The van der Waals surface area contributed by atoms with Gasteiger partial charge in [0.1, 0.15) is 5.92 Å². The summed E-state index contributed by atoms with van der Waals surface area (Å²) in [6.07, 6.45) is 1.21. The Kier molecular flexibility index (Phi) is 3.67. The van der Waals surface area contributed by atoms with E-state index >= 15 is 0 Å². The lowest BCUT2D eigenvalue weighted by molar-refractivity contribution is -0.138. The molecule has 6 nitrogen and oxygen atoms in total. The van der Waals surface area contributed by atoms with E-state index in [1.807, 2.05) is 13.8 Å². The van der Waals surface area contributed by atoms with Crippen LogP contribution >= 0.6 is 11.3 Å². The number of rotatable bonds is 3. The maximum Gasteiger partial charge on any atom is 0.312 e. The minimum atomic E-state index is -0.791. The molecule has 2 heterocycles. The number of ether oxygens (including phenoxy) is 1. The first-order chi connectivity index (χ1) is 9.89. The normalized spacial score (nSPS) is 27.7. The van der Waals surface area contributed by atoms with Crippen molar-refractivity contribution < 1.29 is 19.7 Å². The van der Waals surface area contributed by atoms with E-state index in [-0.39, 0.29) is 18.3 Å². The van der Waals surface area contributed by atoms with Crippen LogP contribution in [0.5, 0.6) is 0 Å². The Morgan fingerprint density at radius 3 is 3.00 bits per heavy atom. The molecule has 0 amide bonds. The molecule has 2 aliphatic rings. The van der Waals surface area contributed by atoms with Gasteiger partial charge in [0.15, 0.2) is 5.13 Å². The van der Waals surface area contributed by atoms with Crippen LogP contribution in [0.25, 0.3) is 0 Å². The van der Waals surface area contributed by atoms with E-state index in [0.29, 0.717) is 19.5 Å². The number of fused-ring (bicyclic) bond motifs is 1. The third kappa shape index (κ3) is 2.77. The van der Waals surface area contributed by atoms with Crippen LogP contribution in [0.2, 0.25) is 0 Å². The molecule has 1 aliphatic heterocycles. The van der Waals surface area contributed by atoms with Gasteiger partial charge < -0.3 is 19.8 Å². The Balaban J connectivity index is 1.85. The summed E-state index contributed by atoms with van der Waals surface area (Å²) in [4.78, 5) is 19.0. The third-order valence-corrected chi connectivity index (χ3v) is 5.15. The van der Waals surface area contributed by atoms with Crippen molar-refractivity contribution in [2.24, 2.45) is 0 Å². The van der Waals surface area contributed by atoms with Gasteiger partial charge in [-0.25, -0.2) is 4.98 Å². The number of aliphatic hydroxyl groups excluding tert-OH is 1. The van der Waals surface area contributed by atoms with Gasteiger partial charge >= 0.3 is 5.97 Å². The highest BCUT2D eigenvalue weighted by Gasteiger charge is 2.37. The number of thiazole rings is 1. The molecule has 2 atom stereocenters. The average molecular weight is 312 g/mol. The Labute approximate surface area is 127 Å². The summed E-state index contributed by atoms with van der Waals surface area (Å²) in [5, 5.41) is 19.5. The number of aromatic nitrogens is 1. The molecule has 1 aliphatic carbocycles. The summed E-state index contributed by atoms with van der Waals surface area (Å²) < 4.78 is 5.80. The van der Waals surface area contributed by atoms with Crippen LogP contribution in [-0.4, -0.2) is 52.6 Å². The number of carboxylic acid groups (broad SMARTS) is 1. The van der Waals surface area contributed by atoms with Gasteiger partial charge in [-0.05, 0) is 26.7 Å². The second-order valence-corrected chi connectivity index (χ2v) is 7.36. The van der Waals surface area contributed by atoms with E-state index in [1.54, 1.807) is 11.3 Å². The smallest absolute Gasteiger partial charge is 0.312 e. The number of morpholine rings is 1. The number of carboxylic acids is 1. The van der Waals surface area contributed by atoms with Gasteiger partial charge in [-0.1, -0.05) is 0 Å². The van der Waals surface area contributed by atoms with Gasteiger partial charge in [0, 0.05) is 18.0 Å². The molecule has 0 bridgehead atoms. The van der Waals surface area contributed by atoms with E-state index in [1.165, 1.54) is 0 Å². The maximum absolute atomic E-state index is 11.2. The summed E-state index contributed by atoms with van der Waals surface area (Å²) in [5.74, 6) is -1.26. The number of aryl methyl sites for hydroxylation is 1. The number of aliphatic carboxylic acids is 1. The summed E-state index contributed by atoms with van der Waals surface area (Å²) in [7, 11) is 0. The molecule has 0 aromatic carbocycles. The monoisotopic (exact) mass is 312 g/mol. The van der Waals surface area contributed by atoms with Crippen molar-refractivity contribution in [3.63, 3.8) is 0 Å². The quantitative estimate of drug-likeness (QED) is 0.873.